The minimum absolute atomic E-state index is 0.334. The number of ether oxygens (including phenoxy) is 2. The summed E-state index contributed by atoms with van der Waals surface area (Å²) in [5, 5.41) is 3.79. The summed E-state index contributed by atoms with van der Waals surface area (Å²) in [5.41, 5.74) is 3.90. The quantitative estimate of drug-likeness (QED) is 0.199. The minimum atomic E-state index is -0.348. The Morgan fingerprint density at radius 2 is 0.864 bits per heavy atom. The number of benzene rings is 4. The molecule has 0 aliphatic carbocycles. The van der Waals surface area contributed by atoms with Crippen LogP contribution >= 0.6 is 23.5 Å². The molecule has 2 N–H and O–H groups in total. The van der Waals surface area contributed by atoms with E-state index in [4.69, 9.17) is 9.47 Å². The second-order valence-electron chi connectivity index (χ2n) is 9.39. The van der Waals surface area contributed by atoms with Crippen LogP contribution in [0, 0.1) is 0 Å². The first-order valence-electron chi connectivity index (χ1n) is 13.4. The largest absolute Gasteiger partial charge is 0.489 e. The maximum atomic E-state index is 11.5. The highest BCUT2D eigenvalue weighted by Crippen LogP contribution is 2.27. The molecule has 10 heteroatoms. The van der Waals surface area contributed by atoms with E-state index in [1.807, 2.05) is 109 Å². The molecule has 0 radical (unpaired) electrons. The Hall–Kier alpha value is -5.06. The summed E-state index contributed by atoms with van der Waals surface area (Å²) in [6.07, 6.45) is 3.37. The zero-order valence-corrected chi connectivity index (χ0v) is 24.9. The first-order valence-corrected chi connectivity index (χ1v) is 15.1. The summed E-state index contributed by atoms with van der Waals surface area (Å²) in [4.78, 5) is 45.9. The minimum Gasteiger partial charge on any atom is -0.489 e. The summed E-state index contributed by atoms with van der Waals surface area (Å²) < 4.78 is 11.4. The molecule has 2 aliphatic heterocycles. The van der Waals surface area contributed by atoms with Crippen molar-refractivity contribution in [2.24, 2.45) is 0 Å². The molecule has 4 aromatic carbocycles. The maximum Gasteiger partial charge on any atom is 0.290 e. The molecular weight excluding hydrogens is 597 g/mol. The highest BCUT2D eigenvalue weighted by molar-refractivity contribution is 8.18. The molecule has 0 spiro atoms. The van der Waals surface area contributed by atoms with Gasteiger partial charge in [-0.3, -0.25) is 29.8 Å². The van der Waals surface area contributed by atoms with Gasteiger partial charge in [-0.1, -0.05) is 84.9 Å². The zero-order valence-electron chi connectivity index (χ0n) is 23.2. The lowest BCUT2D eigenvalue weighted by molar-refractivity contribution is -0.116. The molecule has 2 saturated heterocycles. The normalized spacial score (nSPS) is 15.9. The molecule has 4 aromatic rings. The third-order valence-electron chi connectivity index (χ3n) is 6.14. The van der Waals surface area contributed by atoms with Gasteiger partial charge < -0.3 is 9.47 Å². The van der Waals surface area contributed by atoms with Gasteiger partial charge in [0.25, 0.3) is 22.3 Å². The molecule has 6 rings (SSSR count). The molecule has 44 heavy (non-hydrogen) atoms. The van der Waals surface area contributed by atoms with Gasteiger partial charge in [-0.25, -0.2) is 0 Å². The van der Waals surface area contributed by atoms with Gasteiger partial charge in [0.2, 0.25) is 0 Å². The van der Waals surface area contributed by atoms with Gasteiger partial charge in [-0.2, -0.15) is 0 Å². The number of carbonyl (C=O) groups is 4. The van der Waals surface area contributed by atoms with Crippen LogP contribution in [0.3, 0.4) is 0 Å². The SMILES string of the molecule is O=C1NC(=O)/C(=C/c2ccc(OCc3ccccc3)cc2)S1.O=C1NC(=O)/C(=C/c2ccc(OCc3ccccc3)cc2)S1. The van der Waals surface area contributed by atoms with E-state index in [1.54, 1.807) is 12.2 Å². The van der Waals surface area contributed by atoms with Crippen LogP contribution in [-0.4, -0.2) is 22.3 Å². The highest BCUT2D eigenvalue weighted by atomic mass is 32.2. The van der Waals surface area contributed by atoms with Gasteiger partial charge in [-0.05, 0) is 82.2 Å². The number of rotatable bonds is 8. The van der Waals surface area contributed by atoms with E-state index in [2.05, 4.69) is 10.6 Å². The van der Waals surface area contributed by atoms with Crippen molar-refractivity contribution in [2.75, 3.05) is 0 Å². The lowest BCUT2D eigenvalue weighted by Gasteiger charge is -2.06. The summed E-state index contributed by atoms with van der Waals surface area (Å²) in [6, 6.07) is 34.6. The molecule has 2 fully saturated rings. The van der Waals surface area contributed by atoms with E-state index in [0.29, 0.717) is 23.0 Å². The van der Waals surface area contributed by atoms with Gasteiger partial charge in [0.05, 0.1) is 9.81 Å². The molecule has 0 bridgehead atoms. The van der Waals surface area contributed by atoms with E-state index < -0.39 is 0 Å². The summed E-state index contributed by atoms with van der Waals surface area (Å²) in [7, 11) is 0. The number of amides is 4. The highest BCUT2D eigenvalue weighted by Gasteiger charge is 2.25. The third kappa shape index (κ3) is 8.97. The number of imide groups is 2. The van der Waals surface area contributed by atoms with Crippen molar-refractivity contribution in [2.45, 2.75) is 13.2 Å². The average molecular weight is 623 g/mol. The van der Waals surface area contributed by atoms with Crippen LogP contribution in [-0.2, 0) is 22.8 Å². The number of hydrogen-bond donors (Lipinski definition) is 2. The van der Waals surface area contributed by atoms with Gasteiger partial charge in [0.1, 0.15) is 24.7 Å². The first-order chi connectivity index (χ1) is 21.4. The number of hydrogen-bond acceptors (Lipinski definition) is 8. The van der Waals surface area contributed by atoms with Crippen molar-refractivity contribution >= 4 is 58.0 Å². The molecular formula is C34H26N2O6S2. The molecule has 0 aromatic heterocycles. The second kappa shape index (κ2) is 14.9. The molecule has 0 unspecified atom stereocenters. The standard InChI is InChI=1S/2C17H13NO3S/c2*19-16-15(22-17(20)18-16)10-12-6-8-14(9-7-12)21-11-13-4-2-1-3-5-13/h2*1-10H,11H2,(H,18,19,20)/b2*15-10-. The van der Waals surface area contributed by atoms with Crippen LogP contribution in [0.4, 0.5) is 9.59 Å². The molecule has 8 nitrogen and oxygen atoms in total. The van der Waals surface area contributed by atoms with E-state index in [-0.39, 0.29) is 22.3 Å². The second-order valence-corrected chi connectivity index (χ2v) is 11.4. The van der Waals surface area contributed by atoms with Crippen LogP contribution in [0.15, 0.2) is 119 Å². The van der Waals surface area contributed by atoms with Gasteiger partial charge >= 0.3 is 0 Å². The van der Waals surface area contributed by atoms with Crippen LogP contribution in [0.25, 0.3) is 12.2 Å². The molecule has 2 heterocycles. The van der Waals surface area contributed by atoms with E-state index in [9.17, 15) is 19.2 Å². The molecule has 2 aliphatic rings. The van der Waals surface area contributed by atoms with Crippen molar-refractivity contribution in [1.82, 2.24) is 10.6 Å². The maximum absolute atomic E-state index is 11.5. The van der Waals surface area contributed by atoms with E-state index >= 15 is 0 Å². The van der Waals surface area contributed by atoms with Gasteiger partial charge in [0.15, 0.2) is 0 Å². The monoisotopic (exact) mass is 622 g/mol. The predicted octanol–water partition coefficient (Wildman–Crippen LogP) is 7.18. The fourth-order valence-corrected chi connectivity index (χ4v) is 5.31. The van der Waals surface area contributed by atoms with Crippen LogP contribution in [0.5, 0.6) is 11.5 Å². The smallest absolute Gasteiger partial charge is 0.290 e. The van der Waals surface area contributed by atoms with E-state index in [1.165, 1.54) is 0 Å². The summed E-state index contributed by atoms with van der Waals surface area (Å²) >= 11 is 1.82. The average Bonchev–Trinajstić information content (AvgIpc) is 3.54. The van der Waals surface area contributed by atoms with Crippen molar-refractivity contribution in [1.29, 1.82) is 0 Å². The Balaban J connectivity index is 0.000000175. The van der Waals surface area contributed by atoms with Gasteiger partial charge in [0, 0.05) is 0 Å². The Morgan fingerprint density at radius 3 is 1.18 bits per heavy atom. The molecule has 0 saturated carbocycles. The topological polar surface area (TPSA) is 111 Å². The number of nitrogens with one attached hydrogen (secondary N) is 2. The predicted molar refractivity (Wildman–Crippen MR) is 173 cm³/mol. The summed E-state index contributed by atoms with van der Waals surface area (Å²) in [6.45, 7) is 1.02. The first kappa shape index (κ1) is 30.4. The Labute approximate surface area is 262 Å². The molecule has 0 atom stereocenters. The Kier molecular flexibility index (Phi) is 10.3. The number of carbonyl (C=O) groups excluding carboxylic acids is 4. The fourth-order valence-electron chi connectivity index (χ4n) is 3.95. The zero-order chi connectivity index (χ0) is 30.7. The number of thioether (sulfide) groups is 2. The Morgan fingerprint density at radius 1 is 0.500 bits per heavy atom. The lowest BCUT2D eigenvalue weighted by atomic mass is 10.2. The van der Waals surface area contributed by atoms with Crippen molar-refractivity contribution in [3.05, 3.63) is 141 Å². The van der Waals surface area contributed by atoms with Crippen molar-refractivity contribution < 1.29 is 28.7 Å². The lowest BCUT2D eigenvalue weighted by Crippen LogP contribution is -2.17. The van der Waals surface area contributed by atoms with Gasteiger partial charge in [-0.15, -0.1) is 0 Å². The van der Waals surface area contributed by atoms with Crippen LogP contribution in [0.2, 0.25) is 0 Å². The third-order valence-corrected chi connectivity index (χ3v) is 7.76. The van der Waals surface area contributed by atoms with Crippen LogP contribution < -0.4 is 20.1 Å². The van der Waals surface area contributed by atoms with Crippen molar-refractivity contribution in [3.63, 3.8) is 0 Å². The van der Waals surface area contributed by atoms with Crippen molar-refractivity contribution in [3.8, 4) is 11.5 Å². The molecule has 220 valence electrons. The Bertz CT molecular complexity index is 1580. The van der Waals surface area contributed by atoms with Crippen LogP contribution in [0.1, 0.15) is 22.3 Å². The fraction of sp³-hybridized carbons (Fsp3) is 0.0588. The molecule has 4 amide bonds. The van der Waals surface area contributed by atoms with E-state index in [0.717, 1.165) is 57.3 Å². The summed E-state index contributed by atoms with van der Waals surface area (Å²) in [5.74, 6) is 0.815.